The number of methoxy groups -OCH3 is 1. The topological polar surface area (TPSA) is 97.4 Å². The molecule has 0 amide bonds. The van der Waals surface area contributed by atoms with Crippen molar-refractivity contribution in [1.29, 1.82) is 0 Å². The van der Waals surface area contributed by atoms with Gasteiger partial charge in [-0.15, -0.1) is 0 Å². The van der Waals surface area contributed by atoms with Crippen molar-refractivity contribution < 1.29 is 9.84 Å². The molecular formula is C22H31N5O2. The van der Waals surface area contributed by atoms with Crippen LogP contribution >= 0.6 is 0 Å². The smallest absolute Gasteiger partial charge is 0.153 e. The largest absolute Gasteiger partial charge is 0.497 e. The van der Waals surface area contributed by atoms with Gasteiger partial charge in [0.25, 0.3) is 0 Å². The van der Waals surface area contributed by atoms with Crippen molar-refractivity contribution in [2.45, 2.75) is 58.1 Å². The first-order valence-electron chi connectivity index (χ1n) is 10.4. The van der Waals surface area contributed by atoms with Crippen LogP contribution in [0.1, 0.15) is 50.4 Å². The maximum absolute atomic E-state index is 10.0. The van der Waals surface area contributed by atoms with Crippen molar-refractivity contribution in [3.63, 3.8) is 0 Å². The number of anilines is 1. The van der Waals surface area contributed by atoms with Crippen molar-refractivity contribution in [2.24, 2.45) is 11.1 Å². The van der Waals surface area contributed by atoms with Crippen molar-refractivity contribution in [1.82, 2.24) is 15.0 Å². The second kappa shape index (κ2) is 7.54. The van der Waals surface area contributed by atoms with E-state index < -0.39 is 0 Å². The summed E-state index contributed by atoms with van der Waals surface area (Å²) >= 11 is 0. The van der Waals surface area contributed by atoms with Gasteiger partial charge in [0, 0.05) is 30.9 Å². The Labute approximate surface area is 172 Å². The van der Waals surface area contributed by atoms with Crippen LogP contribution < -0.4 is 15.4 Å². The van der Waals surface area contributed by atoms with E-state index in [0.717, 1.165) is 43.9 Å². The second-order valence-electron chi connectivity index (χ2n) is 8.71. The van der Waals surface area contributed by atoms with Crippen LogP contribution in [0.3, 0.4) is 0 Å². The molecule has 156 valence electrons. The Kier molecular flexibility index (Phi) is 5.21. The van der Waals surface area contributed by atoms with Gasteiger partial charge in [0.15, 0.2) is 5.82 Å². The molecule has 29 heavy (non-hydrogen) atoms. The Morgan fingerprint density at radius 2 is 1.97 bits per heavy atom. The quantitative estimate of drug-likeness (QED) is 0.819. The molecule has 0 bridgehead atoms. The molecule has 1 atom stereocenters. The lowest BCUT2D eigenvalue weighted by atomic mass is 9.67. The minimum atomic E-state index is -0.157. The number of pyridine rings is 1. The first kappa shape index (κ1) is 20.0. The average molecular weight is 398 g/mol. The van der Waals surface area contributed by atoms with E-state index in [-0.39, 0.29) is 17.6 Å². The Hall–Kier alpha value is -2.25. The zero-order valence-corrected chi connectivity index (χ0v) is 17.6. The van der Waals surface area contributed by atoms with Gasteiger partial charge in [0.05, 0.1) is 25.1 Å². The molecule has 1 unspecified atom stereocenters. The minimum Gasteiger partial charge on any atom is -0.497 e. The standard InChI is InChI=1S/C22H31N5O2/c1-15-19(17-13-16(29-3)5-10-24-17)26-18(14-28)20(25-15)27-11-8-22(9-12-27)7-4-6-21(22,2)23/h5,10,13,28H,4,6-9,11-12,14,23H2,1-3H3. The Morgan fingerprint density at radius 1 is 1.21 bits per heavy atom. The number of aliphatic hydroxyl groups excluding tert-OH is 1. The fourth-order valence-corrected chi connectivity index (χ4v) is 5.12. The van der Waals surface area contributed by atoms with Gasteiger partial charge >= 0.3 is 0 Å². The number of ether oxygens (including phenoxy) is 1. The van der Waals surface area contributed by atoms with Crippen molar-refractivity contribution in [3.8, 4) is 17.1 Å². The highest BCUT2D eigenvalue weighted by Crippen LogP contribution is 2.51. The van der Waals surface area contributed by atoms with Gasteiger partial charge in [-0.05, 0) is 51.0 Å². The average Bonchev–Trinajstić information content (AvgIpc) is 3.02. The summed E-state index contributed by atoms with van der Waals surface area (Å²) in [6.45, 7) is 5.79. The number of hydrogen-bond donors (Lipinski definition) is 2. The molecule has 1 aliphatic heterocycles. The summed E-state index contributed by atoms with van der Waals surface area (Å²) in [4.78, 5) is 16.2. The predicted octanol–water partition coefficient (Wildman–Crippen LogP) is 2.84. The Morgan fingerprint density at radius 3 is 2.59 bits per heavy atom. The van der Waals surface area contributed by atoms with Gasteiger partial charge in [0.1, 0.15) is 17.1 Å². The molecule has 1 spiro atoms. The zero-order chi connectivity index (χ0) is 20.6. The summed E-state index contributed by atoms with van der Waals surface area (Å²) in [5.41, 5.74) is 9.56. The first-order valence-corrected chi connectivity index (χ1v) is 10.4. The second-order valence-corrected chi connectivity index (χ2v) is 8.71. The lowest BCUT2D eigenvalue weighted by Gasteiger charge is -2.47. The van der Waals surface area contributed by atoms with Gasteiger partial charge in [-0.2, -0.15) is 0 Å². The highest BCUT2D eigenvalue weighted by atomic mass is 16.5. The molecule has 4 rings (SSSR count). The Bertz CT molecular complexity index is 891. The number of aromatic nitrogens is 3. The SMILES string of the molecule is COc1ccnc(-c2nc(CO)c(N3CCC4(CCCC4(C)N)CC3)nc2C)c1. The summed E-state index contributed by atoms with van der Waals surface area (Å²) in [7, 11) is 1.62. The molecule has 2 fully saturated rings. The maximum atomic E-state index is 10.0. The summed E-state index contributed by atoms with van der Waals surface area (Å²) < 4.78 is 5.30. The molecule has 2 aromatic rings. The molecule has 2 aliphatic rings. The molecule has 2 aromatic heterocycles. The summed E-state index contributed by atoms with van der Waals surface area (Å²) in [6, 6.07) is 3.63. The number of rotatable bonds is 4. The molecule has 1 saturated carbocycles. The third-order valence-electron chi connectivity index (χ3n) is 7.06. The fourth-order valence-electron chi connectivity index (χ4n) is 5.12. The zero-order valence-electron chi connectivity index (χ0n) is 17.6. The fraction of sp³-hybridized carbons (Fsp3) is 0.591. The highest BCUT2D eigenvalue weighted by Gasteiger charge is 2.50. The maximum Gasteiger partial charge on any atom is 0.153 e. The van der Waals surface area contributed by atoms with Crippen LogP contribution in [0.25, 0.3) is 11.4 Å². The van der Waals surface area contributed by atoms with Gasteiger partial charge < -0.3 is 20.5 Å². The third kappa shape index (κ3) is 3.46. The van der Waals surface area contributed by atoms with Gasteiger partial charge in [-0.3, -0.25) is 4.98 Å². The number of hydrogen-bond acceptors (Lipinski definition) is 7. The van der Waals surface area contributed by atoms with Crippen LogP contribution in [0.4, 0.5) is 5.82 Å². The first-order chi connectivity index (χ1) is 13.9. The van der Waals surface area contributed by atoms with E-state index in [4.69, 9.17) is 20.4 Å². The van der Waals surface area contributed by atoms with Crippen LogP contribution in [-0.2, 0) is 6.61 Å². The molecular weight excluding hydrogens is 366 g/mol. The monoisotopic (exact) mass is 397 g/mol. The van der Waals surface area contributed by atoms with Crippen molar-refractivity contribution in [3.05, 3.63) is 29.7 Å². The Balaban J connectivity index is 1.61. The number of nitrogens with two attached hydrogens (primary N) is 1. The summed E-state index contributed by atoms with van der Waals surface area (Å²) in [6.07, 6.45) is 7.35. The van der Waals surface area contributed by atoms with E-state index >= 15 is 0 Å². The molecule has 7 heteroatoms. The van der Waals surface area contributed by atoms with E-state index in [2.05, 4.69) is 16.8 Å². The lowest BCUT2D eigenvalue weighted by molar-refractivity contribution is 0.130. The van der Waals surface area contributed by atoms with Crippen molar-refractivity contribution >= 4 is 5.82 Å². The number of nitrogens with zero attached hydrogens (tertiary/aromatic N) is 4. The van der Waals surface area contributed by atoms with E-state index in [1.54, 1.807) is 19.4 Å². The molecule has 0 radical (unpaired) electrons. The van der Waals surface area contributed by atoms with Crippen LogP contribution in [0.5, 0.6) is 5.75 Å². The van der Waals surface area contributed by atoms with E-state index in [9.17, 15) is 5.11 Å². The highest BCUT2D eigenvalue weighted by molar-refractivity contribution is 5.61. The van der Waals surface area contributed by atoms with E-state index in [1.807, 2.05) is 13.0 Å². The number of aryl methyl sites for hydroxylation is 1. The predicted molar refractivity (Wildman–Crippen MR) is 113 cm³/mol. The van der Waals surface area contributed by atoms with Gasteiger partial charge in [0.2, 0.25) is 0 Å². The van der Waals surface area contributed by atoms with Gasteiger partial charge in [-0.25, -0.2) is 9.97 Å². The van der Waals surface area contributed by atoms with E-state index in [1.165, 1.54) is 12.8 Å². The molecule has 1 saturated heterocycles. The number of aliphatic hydroxyl groups is 1. The van der Waals surface area contributed by atoms with Crippen molar-refractivity contribution in [2.75, 3.05) is 25.1 Å². The normalized spacial score (nSPS) is 23.6. The third-order valence-corrected chi connectivity index (χ3v) is 7.06. The van der Waals surface area contributed by atoms with Crippen LogP contribution in [0, 0.1) is 12.3 Å². The van der Waals surface area contributed by atoms with E-state index in [0.29, 0.717) is 22.8 Å². The lowest BCUT2D eigenvalue weighted by Crippen LogP contribution is -2.54. The molecule has 7 nitrogen and oxygen atoms in total. The number of piperidine rings is 1. The summed E-state index contributed by atoms with van der Waals surface area (Å²) in [5.74, 6) is 1.50. The van der Waals surface area contributed by atoms with Crippen LogP contribution in [0.15, 0.2) is 18.3 Å². The molecule has 1 aliphatic carbocycles. The van der Waals surface area contributed by atoms with Gasteiger partial charge in [-0.1, -0.05) is 6.42 Å². The molecule has 3 heterocycles. The molecule has 3 N–H and O–H groups in total. The minimum absolute atomic E-state index is 0.0810. The van der Waals surface area contributed by atoms with Crippen LogP contribution in [-0.4, -0.2) is 45.8 Å². The summed E-state index contributed by atoms with van der Waals surface area (Å²) in [5, 5.41) is 10.0. The van der Waals surface area contributed by atoms with Crippen LogP contribution in [0.2, 0.25) is 0 Å². The molecule has 0 aromatic carbocycles.